The Hall–Kier alpha value is -3.73. The molecule has 0 heterocycles. The first-order valence-corrected chi connectivity index (χ1v) is 15.3. The van der Waals surface area contributed by atoms with E-state index < -0.39 is 0 Å². The van der Waals surface area contributed by atoms with Crippen LogP contribution in [0.1, 0.15) is 65.1 Å². The molecule has 41 heavy (non-hydrogen) atoms. The standard InChI is InChI=1S/C34H42N4O2S/c1-25(2)13-12-19-35-20-18-31(21-27-14-8-6-9-15-27)37-34(40)30-22-29(23-32(24-30)38(4)41-5)33(39)36-26(3)28-16-10-7-11-17-28/h6-11,14-17,22-26,31,35H,18-21H2,1-5H3,(H,36,39)(H,37,40)/t26-,31-/m1/s1. The van der Waals surface area contributed by atoms with Crippen molar-refractivity contribution in [2.45, 2.75) is 45.7 Å². The number of hydrogen-bond donors (Lipinski definition) is 3. The molecule has 2 atom stereocenters. The molecule has 0 aliphatic carbocycles. The minimum Gasteiger partial charge on any atom is -0.349 e. The van der Waals surface area contributed by atoms with Gasteiger partial charge in [-0.15, -0.1) is 0 Å². The molecule has 0 saturated carbocycles. The van der Waals surface area contributed by atoms with E-state index >= 15 is 0 Å². The highest BCUT2D eigenvalue weighted by molar-refractivity contribution is 7.99. The van der Waals surface area contributed by atoms with Crippen LogP contribution < -0.4 is 20.3 Å². The summed E-state index contributed by atoms with van der Waals surface area (Å²) in [6, 6.07) is 25.1. The molecule has 7 heteroatoms. The summed E-state index contributed by atoms with van der Waals surface area (Å²) in [5.41, 5.74) is 3.86. The molecule has 2 amide bonds. The van der Waals surface area contributed by atoms with Crippen molar-refractivity contribution < 1.29 is 9.59 Å². The molecule has 3 N–H and O–H groups in total. The average Bonchev–Trinajstić information content (AvgIpc) is 2.98. The first-order valence-electron chi connectivity index (χ1n) is 14.1. The van der Waals surface area contributed by atoms with Gasteiger partial charge >= 0.3 is 0 Å². The van der Waals surface area contributed by atoms with E-state index in [-0.39, 0.29) is 23.9 Å². The summed E-state index contributed by atoms with van der Waals surface area (Å²) in [5.74, 6) is 6.22. The van der Waals surface area contributed by atoms with Gasteiger partial charge in [0.05, 0.1) is 12.6 Å². The third kappa shape index (κ3) is 10.6. The molecule has 0 radical (unpaired) electrons. The molecule has 3 aromatic rings. The summed E-state index contributed by atoms with van der Waals surface area (Å²) in [6.45, 7) is 7.44. The van der Waals surface area contributed by atoms with E-state index in [4.69, 9.17) is 0 Å². The largest absolute Gasteiger partial charge is 0.349 e. The average molecular weight is 571 g/mol. The lowest BCUT2D eigenvalue weighted by atomic mass is 10.0. The number of hydrogen-bond acceptors (Lipinski definition) is 5. The summed E-state index contributed by atoms with van der Waals surface area (Å²) in [6.07, 6.45) is 3.41. The van der Waals surface area contributed by atoms with Crippen LogP contribution in [0.3, 0.4) is 0 Å². The Morgan fingerprint density at radius 2 is 1.49 bits per heavy atom. The molecule has 0 saturated heterocycles. The number of nitrogens with zero attached hydrogens (tertiary/aromatic N) is 1. The van der Waals surface area contributed by atoms with Crippen molar-refractivity contribution in [1.29, 1.82) is 0 Å². The molecular formula is C34H42N4O2S. The minimum atomic E-state index is -0.223. The molecule has 0 spiro atoms. The van der Waals surface area contributed by atoms with E-state index in [0.717, 1.165) is 29.8 Å². The lowest BCUT2D eigenvalue weighted by Gasteiger charge is -2.22. The summed E-state index contributed by atoms with van der Waals surface area (Å²) >= 11 is 1.51. The Balaban J connectivity index is 1.78. The van der Waals surface area contributed by atoms with E-state index in [1.165, 1.54) is 11.9 Å². The van der Waals surface area contributed by atoms with Crippen LogP contribution in [0.4, 0.5) is 5.69 Å². The summed E-state index contributed by atoms with van der Waals surface area (Å²) in [7, 11) is 1.92. The Morgan fingerprint density at radius 3 is 2.10 bits per heavy atom. The summed E-state index contributed by atoms with van der Waals surface area (Å²) < 4.78 is 1.94. The maximum absolute atomic E-state index is 13.6. The van der Waals surface area contributed by atoms with E-state index in [1.807, 2.05) is 85.2 Å². The second-order valence-corrected chi connectivity index (χ2v) is 11.3. The minimum absolute atomic E-state index is 0.0900. The van der Waals surface area contributed by atoms with Crippen LogP contribution in [0.2, 0.25) is 0 Å². The zero-order valence-corrected chi connectivity index (χ0v) is 25.6. The van der Waals surface area contributed by atoms with E-state index in [1.54, 1.807) is 6.07 Å². The SMILES string of the molecule is CSN(C)c1cc(C(=O)N[C@H](CCNCC#CC(C)C)Cc2ccccc2)cc(C(=O)N[C@H](C)c2ccccc2)c1. The van der Waals surface area contributed by atoms with Crippen LogP contribution in [-0.4, -0.2) is 44.2 Å². The van der Waals surface area contributed by atoms with Crippen LogP contribution >= 0.6 is 11.9 Å². The topological polar surface area (TPSA) is 73.5 Å². The van der Waals surface area contributed by atoms with Gasteiger partial charge in [-0.25, -0.2) is 0 Å². The number of amides is 2. The van der Waals surface area contributed by atoms with Gasteiger partial charge in [0.1, 0.15) is 0 Å². The molecule has 0 bridgehead atoms. The molecule has 3 aromatic carbocycles. The number of carbonyl (C=O) groups excluding carboxylic acids is 2. The van der Waals surface area contributed by atoms with Crippen molar-refractivity contribution in [2.75, 3.05) is 30.7 Å². The van der Waals surface area contributed by atoms with Gasteiger partial charge in [-0.05, 0) is 55.6 Å². The number of carbonyl (C=O) groups is 2. The fourth-order valence-corrected chi connectivity index (χ4v) is 4.66. The van der Waals surface area contributed by atoms with Gasteiger partial charge in [0.25, 0.3) is 11.8 Å². The van der Waals surface area contributed by atoms with Crippen molar-refractivity contribution in [3.63, 3.8) is 0 Å². The lowest BCUT2D eigenvalue weighted by molar-refractivity contribution is 0.0934. The smallest absolute Gasteiger partial charge is 0.251 e. The van der Waals surface area contributed by atoms with Crippen molar-refractivity contribution in [3.05, 3.63) is 101 Å². The third-order valence-electron chi connectivity index (χ3n) is 6.66. The molecule has 0 fully saturated rings. The van der Waals surface area contributed by atoms with Crippen molar-refractivity contribution in [1.82, 2.24) is 16.0 Å². The molecule has 216 valence electrons. The molecule has 0 aliphatic rings. The van der Waals surface area contributed by atoms with Gasteiger partial charge in [-0.2, -0.15) is 0 Å². The van der Waals surface area contributed by atoms with Crippen LogP contribution in [0.5, 0.6) is 0 Å². The molecule has 6 nitrogen and oxygen atoms in total. The lowest BCUT2D eigenvalue weighted by Crippen LogP contribution is -2.39. The summed E-state index contributed by atoms with van der Waals surface area (Å²) in [4.78, 5) is 26.9. The van der Waals surface area contributed by atoms with Crippen LogP contribution in [0.15, 0.2) is 78.9 Å². The van der Waals surface area contributed by atoms with Crippen LogP contribution in [-0.2, 0) is 6.42 Å². The predicted molar refractivity (Wildman–Crippen MR) is 172 cm³/mol. The summed E-state index contributed by atoms with van der Waals surface area (Å²) in [5, 5.41) is 9.68. The van der Waals surface area contributed by atoms with Crippen LogP contribution in [0.25, 0.3) is 0 Å². The quantitative estimate of drug-likeness (QED) is 0.136. The highest BCUT2D eigenvalue weighted by Gasteiger charge is 2.19. The maximum atomic E-state index is 13.6. The number of anilines is 1. The first-order chi connectivity index (χ1) is 19.8. The van der Waals surface area contributed by atoms with Crippen LogP contribution in [0, 0.1) is 17.8 Å². The Kier molecular flexibility index (Phi) is 12.8. The Labute approximate surface area is 249 Å². The van der Waals surface area contributed by atoms with Gasteiger partial charge in [0.2, 0.25) is 0 Å². The van der Waals surface area contributed by atoms with E-state index in [0.29, 0.717) is 30.0 Å². The maximum Gasteiger partial charge on any atom is 0.251 e. The number of nitrogens with one attached hydrogen (secondary N) is 3. The fraction of sp³-hybridized carbons (Fsp3) is 0.353. The van der Waals surface area contributed by atoms with E-state index in [2.05, 4.69) is 53.8 Å². The zero-order valence-electron chi connectivity index (χ0n) is 24.7. The monoisotopic (exact) mass is 570 g/mol. The van der Waals surface area contributed by atoms with Crippen molar-refractivity contribution >= 4 is 29.4 Å². The third-order valence-corrected chi connectivity index (χ3v) is 7.42. The normalized spacial score (nSPS) is 12.1. The second-order valence-electron chi connectivity index (χ2n) is 10.4. The number of rotatable bonds is 13. The van der Waals surface area contributed by atoms with Gasteiger partial charge < -0.3 is 20.3 Å². The molecule has 0 aliphatic heterocycles. The van der Waals surface area contributed by atoms with Crippen molar-refractivity contribution in [3.8, 4) is 11.8 Å². The zero-order chi connectivity index (χ0) is 29.6. The predicted octanol–water partition coefficient (Wildman–Crippen LogP) is 5.87. The fourth-order valence-electron chi connectivity index (χ4n) is 4.34. The van der Waals surface area contributed by atoms with Gasteiger partial charge in [-0.1, -0.05) is 98.3 Å². The Morgan fingerprint density at radius 1 is 0.878 bits per heavy atom. The van der Waals surface area contributed by atoms with Crippen molar-refractivity contribution in [2.24, 2.45) is 5.92 Å². The van der Waals surface area contributed by atoms with Gasteiger partial charge in [0.15, 0.2) is 0 Å². The number of benzene rings is 3. The molecule has 0 aromatic heterocycles. The van der Waals surface area contributed by atoms with Gasteiger partial charge in [-0.3, -0.25) is 9.59 Å². The van der Waals surface area contributed by atoms with E-state index in [9.17, 15) is 9.59 Å². The second kappa shape index (κ2) is 16.5. The highest BCUT2D eigenvalue weighted by atomic mass is 32.2. The highest BCUT2D eigenvalue weighted by Crippen LogP contribution is 2.24. The molecular weight excluding hydrogens is 528 g/mol. The van der Waals surface area contributed by atoms with Gasteiger partial charge in [0, 0.05) is 42.1 Å². The molecule has 3 rings (SSSR count). The first kappa shape index (κ1) is 31.8. The molecule has 0 unspecified atom stereocenters. The Bertz CT molecular complexity index is 1320.